The van der Waals surface area contributed by atoms with Crippen molar-refractivity contribution in [2.75, 3.05) is 12.3 Å². The van der Waals surface area contributed by atoms with Crippen LogP contribution in [0.2, 0.25) is 0 Å². The molecule has 0 bridgehead atoms. The molecule has 17 heavy (non-hydrogen) atoms. The fourth-order valence-corrected chi connectivity index (χ4v) is 2.56. The summed E-state index contributed by atoms with van der Waals surface area (Å²) in [7, 11) is -3.40. The van der Waals surface area contributed by atoms with Crippen molar-refractivity contribution in [3.63, 3.8) is 0 Å². The van der Waals surface area contributed by atoms with Crippen molar-refractivity contribution in [2.45, 2.75) is 51.9 Å². The zero-order valence-electron chi connectivity index (χ0n) is 10.4. The molecule has 0 aliphatic rings. The molecule has 0 fully saturated rings. The van der Waals surface area contributed by atoms with Crippen LogP contribution >= 0.6 is 0 Å². The first kappa shape index (κ1) is 16.4. The average molecular weight is 265 g/mol. The predicted molar refractivity (Wildman–Crippen MR) is 67.4 cm³/mol. The molecule has 0 aromatic carbocycles. The molecule has 6 heteroatoms. The number of hydrogen-bond acceptors (Lipinski definition) is 3. The smallest absolute Gasteiger partial charge is 0.318 e. The highest BCUT2D eigenvalue weighted by Crippen LogP contribution is 2.07. The normalized spacial score (nSPS) is 11.6. The largest absolute Gasteiger partial charge is 0.480 e. The molecule has 0 rings (SSSR count). The van der Waals surface area contributed by atoms with Crippen molar-refractivity contribution in [1.82, 2.24) is 4.72 Å². The van der Waals surface area contributed by atoms with Crippen LogP contribution in [0.3, 0.4) is 0 Å². The van der Waals surface area contributed by atoms with E-state index in [4.69, 9.17) is 5.11 Å². The van der Waals surface area contributed by atoms with E-state index < -0.39 is 22.5 Å². The Morgan fingerprint density at radius 3 is 2.12 bits per heavy atom. The van der Waals surface area contributed by atoms with Gasteiger partial charge in [-0.1, -0.05) is 45.4 Å². The highest BCUT2D eigenvalue weighted by molar-refractivity contribution is 7.89. The fourth-order valence-electron chi connectivity index (χ4n) is 1.49. The summed E-state index contributed by atoms with van der Waals surface area (Å²) < 4.78 is 24.6. The molecule has 2 N–H and O–H groups in total. The number of nitrogens with one attached hydrogen (secondary N) is 1. The van der Waals surface area contributed by atoms with Crippen molar-refractivity contribution < 1.29 is 18.3 Å². The number of carbonyl (C=O) groups is 1. The molecular formula is C11H23NO4S. The molecule has 0 saturated carbocycles. The summed E-state index contributed by atoms with van der Waals surface area (Å²) in [5.74, 6) is -1.14. The van der Waals surface area contributed by atoms with Crippen LogP contribution in [-0.2, 0) is 14.8 Å². The van der Waals surface area contributed by atoms with E-state index in [1.807, 2.05) is 4.72 Å². The second-order valence-electron chi connectivity index (χ2n) is 4.16. The zero-order chi connectivity index (χ0) is 13.1. The standard InChI is InChI=1S/C11H23NO4S/c1-2-3-4-5-6-7-8-9-17(15,16)12-10-11(13)14/h12H,2-10H2,1H3,(H,13,14). The van der Waals surface area contributed by atoms with Crippen LogP contribution in [0.1, 0.15) is 51.9 Å². The molecule has 0 saturated heterocycles. The minimum atomic E-state index is -3.40. The van der Waals surface area contributed by atoms with Gasteiger partial charge in [-0.2, -0.15) is 0 Å². The number of rotatable bonds is 11. The van der Waals surface area contributed by atoms with E-state index in [0.717, 1.165) is 19.3 Å². The molecule has 0 amide bonds. The van der Waals surface area contributed by atoms with Gasteiger partial charge in [0.05, 0.1) is 5.75 Å². The molecule has 0 radical (unpaired) electrons. The van der Waals surface area contributed by atoms with Crippen LogP contribution in [-0.4, -0.2) is 31.8 Å². The van der Waals surface area contributed by atoms with Gasteiger partial charge in [0.25, 0.3) is 0 Å². The zero-order valence-corrected chi connectivity index (χ0v) is 11.3. The van der Waals surface area contributed by atoms with Gasteiger partial charge in [-0.05, 0) is 6.42 Å². The van der Waals surface area contributed by atoms with Gasteiger partial charge < -0.3 is 5.11 Å². The summed E-state index contributed by atoms with van der Waals surface area (Å²) in [5.41, 5.74) is 0. The van der Waals surface area contributed by atoms with Gasteiger partial charge >= 0.3 is 5.97 Å². The fraction of sp³-hybridized carbons (Fsp3) is 0.909. The van der Waals surface area contributed by atoms with Crippen molar-refractivity contribution in [3.05, 3.63) is 0 Å². The topological polar surface area (TPSA) is 83.5 Å². The first-order valence-corrected chi connectivity index (χ1v) is 7.82. The van der Waals surface area contributed by atoms with Crippen molar-refractivity contribution in [3.8, 4) is 0 Å². The summed E-state index contributed by atoms with van der Waals surface area (Å²) in [6, 6.07) is 0. The van der Waals surface area contributed by atoms with Crippen LogP contribution in [0.4, 0.5) is 0 Å². The van der Waals surface area contributed by atoms with Crippen molar-refractivity contribution >= 4 is 16.0 Å². The third-order valence-corrected chi connectivity index (χ3v) is 3.87. The van der Waals surface area contributed by atoms with Gasteiger partial charge in [0.2, 0.25) is 10.0 Å². The highest BCUT2D eigenvalue weighted by atomic mass is 32.2. The maximum Gasteiger partial charge on any atom is 0.318 e. The van der Waals surface area contributed by atoms with Crippen LogP contribution in [0.25, 0.3) is 0 Å². The summed E-state index contributed by atoms with van der Waals surface area (Å²) in [6.45, 7) is 1.62. The Hall–Kier alpha value is -0.620. The summed E-state index contributed by atoms with van der Waals surface area (Å²) in [6.07, 6.45) is 7.33. The van der Waals surface area contributed by atoms with E-state index in [1.54, 1.807) is 0 Å². The third kappa shape index (κ3) is 11.6. The molecule has 0 atom stereocenters. The number of unbranched alkanes of at least 4 members (excludes halogenated alkanes) is 6. The molecule has 0 aliphatic heterocycles. The monoisotopic (exact) mass is 265 g/mol. The Morgan fingerprint density at radius 1 is 1.06 bits per heavy atom. The quantitative estimate of drug-likeness (QED) is 0.557. The minimum absolute atomic E-state index is 0.0219. The first-order chi connectivity index (χ1) is 7.98. The lowest BCUT2D eigenvalue weighted by molar-refractivity contribution is -0.135. The first-order valence-electron chi connectivity index (χ1n) is 6.17. The van der Waals surface area contributed by atoms with Gasteiger partial charge in [-0.3, -0.25) is 4.79 Å². The lowest BCUT2D eigenvalue weighted by Gasteiger charge is -2.04. The van der Waals surface area contributed by atoms with E-state index in [2.05, 4.69) is 6.92 Å². The maximum atomic E-state index is 11.3. The Kier molecular flexibility index (Phi) is 9.07. The minimum Gasteiger partial charge on any atom is -0.480 e. The van der Waals surface area contributed by atoms with Crippen LogP contribution in [0.15, 0.2) is 0 Å². The molecular weight excluding hydrogens is 242 g/mol. The SMILES string of the molecule is CCCCCCCCCS(=O)(=O)NCC(=O)O. The number of aliphatic carboxylic acids is 1. The van der Waals surface area contributed by atoms with E-state index in [-0.39, 0.29) is 5.75 Å². The van der Waals surface area contributed by atoms with Crippen molar-refractivity contribution in [1.29, 1.82) is 0 Å². The molecule has 0 aromatic heterocycles. The number of carboxylic acid groups (broad SMARTS) is 1. The molecule has 5 nitrogen and oxygen atoms in total. The van der Waals surface area contributed by atoms with Gasteiger partial charge in [-0.25, -0.2) is 13.1 Å². The second-order valence-corrected chi connectivity index (χ2v) is 6.08. The van der Waals surface area contributed by atoms with Gasteiger partial charge in [0.1, 0.15) is 6.54 Å². The molecule has 0 heterocycles. The second kappa shape index (κ2) is 9.41. The molecule has 0 aliphatic carbocycles. The number of sulfonamides is 1. The summed E-state index contributed by atoms with van der Waals surface area (Å²) >= 11 is 0. The lowest BCUT2D eigenvalue weighted by atomic mass is 10.1. The predicted octanol–water partition coefficient (Wildman–Crippen LogP) is 1.74. The molecule has 0 spiro atoms. The highest BCUT2D eigenvalue weighted by Gasteiger charge is 2.10. The van der Waals surface area contributed by atoms with Crippen molar-refractivity contribution in [2.24, 2.45) is 0 Å². The summed E-state index contributed by atoms with van der Waals surface area (Å²) in [4.78, 5) is 10.2. The molecule has 0 unspecified atom stereocenters. The number of hydrogen-bond donors (Lipinski definition) is 2. The maximum absolute atomic E-state index is 11.3. The van der Waals surface area contributed by atoms with Crippen LogP contribution in [0.5, 0.6) is 0 Å². The van der Waals surface area contributed by atoms with E-state index >= 15 is 0 Å². The Bertz CT molecular complexity index is 301. The molecule has 102 valence electrons. The third-order valence-electron chi connectivity index (χ3n) is 2.46. The van der Waals surface area contributed by atoms with E-state index in [1.165, 1.54) is 19.3 Å². The van der Waals surface area contributed by atoms with Gasteiger partial charge in [0.15, 0.2) is 0 Å². The van der Waals surface area contributed by atoms with E-state index in [9.17, 15) is 13.2 Å². The summed E-state index contributed by atoms with van der Waals surface area (Å²) in [5, 5.41) is 8.34. The Labute approximate surface area is 104 Å². The van der Waals surface area contributed by atoms with Crippen LogP contribution in [0, 0.1) is 0 Å². The molecule has 0 aromatic rings. The average Bonchev–Trinajstić information content (AvgIpc) is 2.25. The van der Waals surface area contributed by atoms with Gasteiger partial charge in [-0.15, -0.1) is 0 Å². The lowest BCUT2D eigenvalue weighted by Crippen LogP contribution is -2.31. The Balaban J connectivity index is 3.49. The Morgan fingerprint density at radius 2 is 1.59 bits per heavy atom. The van der Waals surface area contributed by atoms with Crippen LogP contribution < -0.4 is 4.72 Å². The van der Waals surface area contributed by atoms with E-state index in [0.29, 0.717) is 6.42 Å². The van der Waals surface area contributed by atoms with Gasteiger partial charge in [0, 0.05) is 0 Å². The number of carboxylic acids is 1.